The summed E-state index contributed by atoms with van der Waals surface area (Å²) in [6, 6.07) is 8.95. The van der Waals surface area contributed by atoms with Gasteiger partial charge in [-0.3, -0.25) is 4.79 Å². The van der Waals surface area contributed by atoms with Gasteiger partial charge in [0.05, 0.1) is 11.6 Å². The van der Waals surface area contributed by atoms with E-state index < -0.39 is 0 Å². The van der Waals surface area contributed by atoms with Crippen molar-refractivity contribution in [3.8, 4) is 6.07 Å². The molecular weight excluding hydrogens is 326 g/mol. The second kappa shape index (κ2) is 8.15. The molecule has 0 saturated carbocycles. The van der Waals surface area contributed by atoms with Gasteiger partial charge in [-0.05, 0) is 51.2 Å². The summed E-state index contributed by atoms with van der Waals surface area (Å²) in [5, 5.41) is 8.87. The zero-order valence-electron chi connectivity index (χ0n) is 15.4. The first-order valence-electron chi connectivity index (χ1n) is 9.03. The molecule has 1 aliphatic rings. The summed E-state index contributed by atoms with van der Waals surface area (Å²) in [6.07, 6.45) is 5.79. The molecule has 1 amide bonds. The van der Waals surface area contributed by atoms with Gasteiger partial charge in [-0.25, -0.2) is 4.98 Å². The summed E-state index contributed by atoms with van der Waals surface area (Å²) in [4.78, 5) is 21.3. The first kappa shape index (κ1) is 18.2. The zero-order chi connectivity index (χ0) is 18.5. The first-order chi connectivity index (χ1) is 12.6. The highest BCUT2D eigenvalue weighted by Gasteiger charge is 2.26. The number of hydrogen-bond acceptors (Lipinski definition) is 4. The van der Waals surface area contributed by atoms with Crippen LogP contribution in [0.5, 0.6) is 0 Å². The first-order valence-corrected chi connectivity index (χ1v) is 9.03. The lowest BCUT2D eigenvalue weighted by Gasteiger charge is -2.32. The highest BCUT2D eigenvalue weighted by Crippen LogP contribution is 2.27. The molecule has 6 nitrogen and oxygen atoms in total. The second-order valence-electron chi connectivity index (χ2n) is 7.04. The van der Waals surface area contributed by atoms with Crippen molar-refractivity contribution in [2.45, 2.75) is 25.3 Å². The van der Waals surface area contributed by atoms with Crippen LogP contribution < -0.4 is 0 Å². The van der Waals surface area contributed by atoms with E-state index in [0.717, 1.165) is 44.8 Å². The number of piperidine rings is 1. The molecule has 6 heteroatoms. The van der Waals surface area contributed by atoms with Crippen molar-refractivity contribution < 1.29 is 4.79 Å². The lowest BCUT2D eigenvalue weighted by atomic mass is 9.95. The van der Waals surface area contributed by atoms with Gasteiger partial charge in [-0.15, -0.1) is 0 Å². The Kier molecular flexibility index (Phi) is 5.69. The van der Waals surface area contributed by atoms with Crippen molar-refractivity contribution in [3.63, 3.8) is 0 Å². The molecule has 1 fully saturated rings. The van der Waals surface area contributed by atoms with E-state index in [1.807, 2.05) is 17.3 Å². The van der Waals surface area contributed by atoms with Gasteiger partial charge in [0.2, 0.25) is 0 Å². The van der Waals surface area contributed by atoms with E-state index >= 15 is 0 Å². The van der Waals surface area contributed by atoms with Gasteiger partial charge in [-0.1, -0.05) is 0 Å². The standard InChI is InChI=1S/C20H25N5O/c1-23(2)13-14-24-12-9-22-19(24)17-7-10-25(11-8-17)20(26)18-5-3-16(15-21)4-6-18/h3-6,9,12,17H,7-8,10-11,13-14H2,1-2H3. The monoisotopic (exact) mass is 351 g/mol. The number of aromatic nitrogens is 2. The van der Waals surface area contributed by atoms with Crippen LogP contribution >= 0.6 is 0 Å². The minimum absolute atomic E-state index is 0.0453. The lowest BCUT2D eigenvalue weighted by Crippen LogP contribution is -2.38. The summed E-state index contributed by atoms with van der Waals surface area (Å²) in [5.74, 6) is 1.58. The molecule has 0 radical (unpaired) electrons. The molecule has 0 aliphatic carbocycles. The smallest absolute Gasteiger partial charge is 0.253 e. The number of amides is 1. The predicted molar refractivity (Wildman–Crippen MR) is 99.8 cm³/mol. The van der Waals surface area contributed by atoms with E-state index in [9.17, 15) is 4.79 Å². The Morgan fingerprint density at radius 3 is 2.58 bits per heavy atom. The molecule has 0 spiro atoms. The summed E-state index contributed by atoms with van der Waals surface area (Å²) in [6.45, 7) is 3.40. The van der Waals surface area contributed by atoms with Gasteiger partial charge >= 0.3 is 0 Å². The van der Waals surface area contributed by atoms with E-state index in [2.05, 4.69) is 34.6 Å². The van der Waals surface area contributed by atoms with Crippen molar-refractivity contribution in [3.05, 3.63) is 53.6 Å². The van der Waals surface area contributed by atoms with Crippen molar-refractivity contribution in [1.82, 2.24) is 19.4 Å². The van der Waals surface area contributed by atoms with Crippen LogP contribution in [0, 0.1) is 11.3 Å². The van der Waals surface area contributed by atoms with E-state index in [0.29, 0.717) is 17.0 Å². The molecule has 1 aromatic carbocycles. The molecule has 0 atom stereocenters. The van der Waals surface area contributed by atoms with Crippen molar-refractivity contribution >= 4 is 5.91 Å². The molecule has 2 aromatic rings. The largest absolute Gasteiger partial charge is 0.339 e. The molecule has 26 heavy (non-hydrogen) atoms. The van der Waals surface area contributed by atoms with Gasteiger partial charge in [0, 0.05) is 50.1 Å². The fraction of sp³-hybridized carbons (Fsp3) is 0.450. The van der Waals surface area contributed by atoms with Gasteiger partial charge in [-0.2, -0.15) is 5.26 Å². The summed E-state index contributed by atoms with van der Waals surface area (Å²) >= 11 is 0. The fourth-order valence-electron chi connectivity index (χ4n) is 3.39. The third-order valence-electron chi connectivity index (χ3n) is 4.94. The van der Waals surface area contributed by atoms with Crippen LogP contribution in [-0.4, -0.2) is 59.0 Å². The number of rotatable bonds is 5. The number of hydrogen-bond donors (Lipinski definition) is 0. The highest BCUT2D eigenvalue weighted by molar-refractivity contribution is 5.94. The van der Waals surface area contributed by atoms with Crippen molar-refractivity contribution in [1.29, 1.82) is 5.26 Å². The fourth-order valence-corrected chi connectivity index (χ4v) is 3.39. The molecule has 1 aliphatic heterocycles. The SMILES string of the molecule is CN(C)CCn1ccnc1C1CCN(C(=O)c2ccc(C#N)cc2)CC1. The molecule has 0 bridgehead atoms. The molecule has 3 rings (SSSR count). The Balaban J connectivity index is 1.60. The van der Waals surface area contributed by atoms with Gasteiger partial charge in [0.15, 0.2) is 0 Å². The number of likely N-dealkylation sites (tertiary alicyclic amines) is 1. The molecular formula is C20H25N5O. The lowest BCUT2D eigenvalue weighted by molar-refractivity contribution is 0.0710. The Bertz CT molecular complexity index is 779. The predicted octanol–water partition coefficient (Wildman–Crippen LogP) is 2.34. The second-order valence-corrected chi connectivity index (χ2v) is 7.04. The van der Waals surface area contributed by atoms with Gasteiger partial charge in [0.1, 0.15) is 5.82 Å². The van der Waals surface area contributed by atoms with Crippen LogP contribution in [0.1, 0.15) is 40.5 Å². The van der Waals surface area contributed by atoms with E-state index in [1.165, 1.54) is 0 Å². The average Bonchev–Trinajstić information content (AvgIpc) is 3.14. The Hall–Kier alpha value is -2.65. The van der Waals surface area contributed by atoms with Crippen molar-refractivity contribution in [2.75, 3.05) is 33.7 Å². The Morgan fingerprint density at radius 1 is 1.27 bits per heavy atom. The number of benzene rings is 1. The van der Waals surface area contributed by atoms with E-state index in [1.54, 1.807) is 24.3 Å². The molecule has 2 heterocycles. The maximum atomic E-state index is 12.7. The van der Waals surface area contributed by atoms with Crippen LogP contribution in [0.3, 0.4) is 0 Å². The van der Waals surface area contributed by atoms with Gasteiger partial charge < -0.3 is 14.4 Å². The van der Waals surface area contributed by atoms with Crippen LogP contribution in [0.2, 0.25) is 0 Å². The number of carbonyl (C=O) groups is 1. The normalized spacial score (nSPS) is 15.2. The molecule has 1 saturated heterocycles. The van der Waals surface area contributed by atoms with Crippen LogP contribution in [0.4, 0.5) is 0 Å². The quantitative estimate of drug-likeness (QED) is 0.829. The molecule has 0 unspecified atom stereocenters. The summed E-state index contributed by atoms with van der Waals surface area (Å²) < 4.78 is 2.24. The minimum atomic E-state index is 0.0453. The third-order valence-corrected chi connectivity index (χ3v) is 4.94. The Labute approximate surface area is 154 Å². The maximum Gasteiger partial charge on any atom is 0.253 e. The molecule has 0 N–H and O–H groups in total. The molecule has 1 aromatic heterocycles. The highest BCUT2D eigenvalue weighted by atomic mass is 16.2. The van der Waals surface area contributed by atoms with E-state index in [-0.39, 0.29) is 5.91 Å². The van der Waals surface area contributed by atoms with Gasteiger partial charge in [0.25, 0.3) is 5.91 Å². The van der Waals surface area contributed by atoms with Crippen LogP contribution in [-0.2, 0) is 6.54 Å². The maximum absolute atomic E-state index is 12.7. The zero-order valence-corrected chi connectivity index (χ0v) is 15.4. The molecule has 136 valence electrons. The van der Waals surface area contributed by atoms with Crippen LogP contribution in [0.15, 0.2) is 36.7 Å². The number of nitrogens with zero attached hydrogens (tertiary/aromatic N) is 5. The summed E-state index contributed by atoms with van der Waals surface area (Å²) in [5.41, 5.74) is 1.22. The average molecular weight is 351 g/mol. The topological polar surface area (TPSA) is 65.2 Å². The van der Waals surface area contributed by atoms with Crippen molar-refractivity contribution in [2.24, 2.45) is 0 Å². The number of likely N-dealkylation sites (N-methyl/N-ethyl adjacent to an activating group) is 1. The van der Waals surface area contributed by atoms with E-state index in [4.69, 9.17) is 5.26 Å². The number of carbonyl (C=O) groups excluding carboxylic acids is 1. The summed E-state index contributed by atoms with van der Waals surface area (Å²) in [7, 11) is 4.15. The number of imidazole rings is 1. The third kappa shape index (κ3) is 4.12. The number of nitriles is 1. The Morgan fingerprint density at radius 2 is 1.96 bits per heavy atom. The minimum Gasteiger partial charge on any atom is -0.339 e. The van der Waals surface area contributed by atoms with Crippen LogP contribution in [0.25, 0.3) is 0 Å².